The zero-order valence-electron chi connectivity index (χ0n) is 18.7. The molecule has 6 nitrogen and oxygen atoms in total. The molecule has 0 bridgehead atoms. The van der Waals surface area contributed by atoms with Crippen LogP contribution >= 0.6 is 11.3 Å². The fraction of sp³-hybridized carbons (Fsp3) is 0.400. The fourth-order valence-electron chi connectivity index (χ4n) is 3.62. The number of nitriles is 1. The second kappa shape index (κ2) is 11.0. The monoisotopic (exact) mass is 452 g/mol. The lowest BCUT2D eigenvalue weighted by Crippen LogP contribution is -2.17. The summed E-state index contributed by atoms with van der Waals surface area (Å²) in [6.45, 7) is 6.86. The first kappa shape index (κ1) is 23.6. The quantitative estimate of drug-likeness (QED) is 0.330. The van der Waals surface area contributed by atoms with Crippen LogP contribution in [0, 0.1) is 17.2 Å². The van der Waals surface area contributed by atoms with Gasteiger partial charge in [-0.15, -0.1) is 11.3 Å². The van der Waals surface area contributed by atoms with Crippen LogP contribution in [0.5, 0.6) is 5.75 Å². The number of fused-ring (bicyclic) bond motifs is 1. The van der Waals surface area contributed by atoms with Crippen LogP contribution in [-0.2, 0) is 22.4 Å². The van der Waals surface area contributed by atoms with Crippen molar-refractivity contribution < 1.29 is 19.1 Å². The third-order valence-corrected chi connectivity index (χ3v) is 6.42. The van der Waals surface area contributed by atoms with E-state index >= 15 is 0 Å². The largest absolute Gasteiger partial charge is 0.494 e. The molecule has 1 aliphatic carbocycles. The van der Waals surface area contributed by atoms with Crippen LogP contribution < -0.4 is 10.1 Å². The highest BCUT2D eigenvalue weighted by molar-refractivity contribution is 7.17. The molecular formula is C25H28N2O4S. The minimum Gasteiger partial charge on any atom is -0.494 e. The number of hydrogen-bond acceptors (Lipinski definition) is 6. The summed E-state index contributed by atoms with van der Waals surface area (Å²) in [5.41, 5.74) is 2.07. The van der Waals surface area contributed by atoms with E-state index in [0.717, 1.165) is 41.9 Å². The molecule has 1 N–H and O–H groups in total. The van der Waals surface area contributed by atoms with Gasteiger partial charge in [0.2, 0.25) is 0 Å². The number of amides is 1. The van der Waals surface area contributed by atoms with Crippen molar-refractivity contribution >= 4 is 34.3 Å². The molecule has 7 heteroatoms. The molecule has 32 heavy (non-hydrogen) atoms. The van der Waals surface area contributed by atoms with Crippen molar-refractivity contribution in [3.8, 4) is 11.8 Å². The van der Waals surface area contributed by atoms with Crippen LogP contribution in [0.4, 0.5) is 5.00 Å². The molecule has 1 atom stereocenters. The summed E-state index contributed by atoms with van der Waals surface area (Å²) in [6.07, 6.45) is 5.09. The van der Waals surface area contributed by atoms with Gasteiger partial charge < -0.3 is 14.8 Å². The lowest BCUT2D eigenvalue weighted by molar-refractivity contribution is -0.112. The minimum absolute atomic E-state index is 0.0400. The van der Waals surface area contributed by atoms with E-state index in [0.29, 0.717) is 28.7 Å². The Kier molecular flexibility index (Phi) is 8.07. The average Bonchev–Trinajstić information content (AvgIpc) is 3.13. The predicted molar refractivity (Wildman–Crippen MR) is 126 cm³/mol. The van der Waals surface area contributed by atoms with Gasteiger partial charge in [0.05, 0.1) is 18.8 Å². The van der Waals surface area contributed by atoms with Crippen molar-refractivity contribution in [3.05, 3.63) is 51.4 Å². The van der Waals surface area contributed by atoms with Crippen LogP contribution in [0.25, 0.3) is 6.08 Å². The summed E-state index contributed by atoms with van der Waals surface area (Å²) >= 11 is 1.41. The molecule has 1 aromatic heterocycles. The molecule has 0 saturated carbocycles. The van der Waals surface area contributed by atoms with Crippen LogP contribution in [-0.4, -0.2) is 25.1 Å². The highest BCUT2D eigenvalue weighted by atomic mass is 32.1. The first-order valence-corrected chi connectivity index (χ1v) is 11.8. The molecule has 1 aliphatic rings. The van der Waals surface area contributed by atoms with Gasteiger partial charge in [-0.25, -0.2) is 4.79 Å². The van der Waals surface area contributed by atoms with E-state index in [9.17, 15) is 14.9 Å². The molecule has 2 aromatic rings. The lowest BCUT2D eigenvalue weighted by atomic mass is 9.88. The summed E-state index contributed by atoms with van der Waals surface area (Å²) in [4.78, 5) is 26.6. The van der Waals surface area contributed by atoms with Crippen molar-refractivity contribution in [1.29, 1.82) is 5.26 Å². The number of carbonyl (C=O) groups is 2. The molecule has 1 aromatic carbocycles. The summed E-state index contributed by atoms with van der Waals surface area (Å²) in [6, 6.07) is 9.18. The van der Waals surface area contributed by atoms with Gasteiger partial charge in [-0.1, -0.05) is 26.0 Å². The number of ether oxygens (including phenoxy) is 2. The molecule has 1 amide bonds. The number of nitrogens with zero attached hydrogens (tertiary/aromatic N) is 1. The van der Waals surface area contributed by atoms with E-state index in [1.807, 2.05) is 25.1 Å². The first-order chi connectivity index (χ1) is 15.5. The molecule has 168 valence electrons. The zero-order valence-corrected chi connectivity index (χ0v) is 19.5. The number of hydrogen-bond donors (Lipinski definition) is 1. The van der Waals surface area contributed by atoms with Crippen molar-refractivity contribution in [3.63, 3.8) is 0 Å². The molecule has 3 rings (SSSR count). The van der Waals surface area contributed by atoms with Gasteiger partial charge in [0.1, 0.15) is 22.4 Å². The number of benzene rings is 1. The third kappa shape index (κ3) is 5.57. The van der Waals surface area contributed by atoms with E-state index in [-0.39, 0.29) is 12.2 Å². The van der Waals surface area contributed by atoms with Gasteiger partial charge in [0, 0.05) is 4.88 Å². The van der Waals surface area contributed by atoms with Crippen LogP contribution in [0.1, 0.15) is 60.0 Å². The van der Waals surface area contributed by atoms with E-state index in [4.69, 9.17) is 9.47 Å². The Morgan fingerprint density at radius 3 is 2.69 bits per heavy atom. The Hall–Kier alpha value is -3.11. The maximum atomic E-state index is 12.9. The molecule has 1 heterocycles. The van der Waals surface area contributed by atoms with Gasteiger partial charge in [-0.05, 0) is 67.9 Å². The van der Waals surface area contributed by atoms with Gasteiger partial charge in [0.15, 0.2) is 0 Å². The maximum absolute atomic E-state index is 12.9. The third-order valence-electron chi connectivity index (χ3n) is 5.25. The summed E-state index contributed by atoms with van der Waals surface area (Å²) in [7, 11) is 0. The van der Waals surface area contributed by atoms with E-state index in [1.165, 1.54) is 17.4 Å². The molecule has 0 fully saturated rings. The minimum atomic E-state index is -0.545. The molecule has 1 unspecified atom stereocenters. The van der Waals surface area contributed by atoms with Gasteiger partial charge in [0.25, 0.3) is 5.91 Å². The molecular weight excluding hydrogens is 424 g/mol. The average molecular weight is 453 g/mol. The number of rotatable bonds is 8. The van der Waals surface area contributed by atoms with Crippen LogP contribution in [0.15, 0.2) is 29.8 Å². The van der Waals surface area contributed by atoms with Gasteiger partial charge in [-0.3, -0.25) is 4.79 Å². The van der Waals surface area contributed by atoms with Crippen molar-refractivity contribution in [2.75, 3.05) is 18.5 Å². The number of nitrogens with one attached hydrogen (secondary N) is 1. The summed E-state index contributed by atoms with van der Waals surface area (Å²) < 4.78 is 10.8. The molecule has 0 radical (unpaired) electrons. The van der Waals surface area contributed by atoms with Gasteiger partial charge in [-0.2, -0.15) is 5.26 Å². The topological polar surface area (TPSA) is 88.4 Å². The van der Waals surface area contributed by atoms with Gasteiger partial charge >= 0.3 is 5.97 Å². The van der Waals surface area contributed by atoms with E-state index in [2.05, 4.69) is 12.2 Å². The summed E-state index contributed by atoms with van der Waals surface area (Å²) in [5, 5.41) is 12.8. The summed E-state index contributed by atoms with van der Waals surface area (Å²) in [5.74, 6) is 0.291. The van der Waals surface area contributed by atoms with Crippen molar-refractivity contribution in [2.24, 2.45) is 5.92 Å². The molecule has 0 aliphatic heterocycles. The highest BCUT2D eigenvalue weighted by Gasteiger charge is 2.29. The normalized spacial score (nSPS) is 15.4. The second-order valence-electron chi connectivity index (χ2n) is 7.82. The van der Waals surface area contributed by atoms with E-state index < -0.39 is 11.9 Å². The maximum Gasteiger partial charge on any atom is 0.341 e. The Morgan fingerprint density at radius 1 is 1.28 bits per heavy atom. The highest BCUT2D eigenvalue weighted by Crippen LogP contribution is 2.40. The molecule has 0 spiro atoms. The lowest BCUT2D eigenvalue weighted by Gasteiger charge is -2.18. The number of esters is 1. The van der Waals surface area contributed by atoms with Crippen molar-refractivity contribution in [2.45, 2.75) is 46.5 Å². The van der Waals surface area contributed by atoms with Crippen LogP contribution in [0.3, 0.4) is 0 Å². The van der Waals surface area contributed by atoms with Crippen molar-refractivity contribution in [1.82, 2.24) is 0 Å². The smallest absolute Gasteiger partial charge is 0.341 e. The predicted octanol–water partition coefficient (Wildman–Crippen LogP) is 5.38. The Labute approximate surface area is 192 Å². The molecule has 0 saturated heterocycles. The standard InChI is InChI=1S/C25H28N2O4S/c1-4-12-31-19-9-7-17(8-10-19)14-18(15-26)23(28)27-24-22(25(29)30-5-2)20-11-6-16(3)13-21(20)32-24/h7-10,14,16H,4-6,11-13H2,1-3H3,(H,27,28). The van der Waals surface area contributed by atoms with Crippen LogP contribution in [0.2, 0.25) is 0 Å². The SMILES string of the molecule is CCCOc1ccc(C=C(C#N)C(=O)Nc2sc3c(c2C(=O)OCC)CCC(C)C3)cc1. The first-order valence-electron chi connectivity index (χ1n) is 10.9. The van der Waals surface area contributed by atoms with E-state index in [1.54, 1.807) is 19.1 Å². The number of thiophene rings is 1. The fourth-order valence-corrected chi connectivity index (χ4v) is 5.02. The zero-order chi connectivity index (χ0) is 23.1. The number of carbonyl (C=O) groups excluding carboxylic acids is 2. The Bertz CT molecular complexity index is 1050. The Balaban J connectivity index is 1.84. The second-order valence-corrected chi connectivity index (χ2v) is 8.92. The number of anilines is 1. The Morgan fingerprint density at radius 2 is 2.03 bits per heavy atom.